The molecule has 1 aliphatic heterocycles. The van der Waals surface area contributed by atoms with Crippen molar-refractivity contribution >= 4 is 23.2 Å². The zero-order chi connectivity index (χ0) is 14.8. The van der Waals surface area contributed by atoms with Crippen LogP contribution in [-0.4, -0.2) is 31.6 Å². The first-order valence-corrected chi connectivity index (χ1v) is 8.07. The minimum atomic E-state index is -0.0758. The second kappa shape index (κ2) is 6.24. The van der Waals surface area contributed by atoms with Crippen molar-refractivity contribution in [2.75, 3.05) is 18.5 Å². The van der Waals surface area contributed by atoms with Crippen LogP contribution in [0, 0.1) is 0 Å². The highest BCUT2D eigenvalue weighted by atomic mass is 35.5. The van der Waals surface area contributed by atoms with Crippen LogP contribution in [0.5, 0.6) is 0 Å². The van der Waals surface area contributed by atoms with Crippen LogP contribution in [-0.2, 0) is 11.3 Å². The van der Waals surface area contributed by atoms with E-state index in [2.05, 4.69) is 21.6 Å². The van der Waals surface area contributed by atoms with Gasteiger partial charge in [-0.15, -0.1) is 0 Å². The van der Waals surface area contributed by atoms with Gasteiger partial charge in [-0.05, 0) is 43.4 Å². The van der Waals surface area contributed by atoms with E-state index in [1.807, 2.05) is 12.1 Å². The quantitative estimate of drug-likeness (QED) is 0.877. The average Bonchev–Trinajstić information content (AvgIpc) is 3.19. The molecule has 1 aliphatic carbocycles. The van der Waals surface area contributed by atoms with E-state index in [-0.39, 0.29) is 11.9 Å². The van der Waals surface area contributed by atoms with Gasteiger partial charge in [0, 0.05) is 36.9 Å². The van der Waals surface area contributed by atoms with Crippen LogP contribution in [0.25, 0.3) is 0 Å². The van der Waals surface area contributed by atoms with Crippen molar-refractivity contribution in [1.82, 2.24) is 10.6 Å². The molecule has 0 aromatic heterocycles. The molecule has 3 rings (SSSR count). The first kappa shape index (κ1) is 14.7. The van der Waals surface area contributed by atoms with Crippen molar-refractivity contribution in [2.45, 2.75) is 44.3 Å². The fourth-order valence-corrected chi connectivity index (χ4v) is 3.16. The van der Waals surface area contributed by atoms with Crippen LogP contribution >= 0.6 is 11.6 Å². The van der Waals surface area contributed by atoms with Crippen molar-refractivity contribution in [2.24, 2.45) is 0 Å². The molecule has 1 saturated heterocycles. The van der Waals surface area contributed by atoms with E-state index in [1.54, 1.807) is 7.05 Å². The van der Waals surface area contributed by atoms with E-state index < -0.39 is 0 Å². The lowest BCUT2D eigenvalue weighted by Gasteiger charge is -2.28. The first-order valence-electron chi connectivity index (χ1n) is 7.69. The maximum absolute atomic E-state index is 12.1. The van der Waals surface area contributed by atoms with Gasteiger partial charge < -0.3 is 15.5 Å². The van der Waals surface area contributed by atoms with Gasteiger partial charge in [-0.2, -0.15) is 0 Å². The van der Waals surface area contributed by atoms with E-state index in [4.69, 9.17) is 11.6 Å². The van der Waals surface area contributed by atoms with Crippen LogP contribution in [0.2, 0.25) is 5.02 Å². The topological polar surface area (TPSA) is 44.4 Å². The number of rotatable bonds is 5. The zero-order valence-corrected chi connectivity index (χ0v) is 13.1. The number of carbonyl (C=O) groups is 1. The SMILES string of the molecule is CNC(=O)C1CCCN1c1cc(Cl)ccc1CNC1CC1. The summed E-state index contributed by atoms with van der Waals surface area (Å²) in [5, 5.41) is 7.04. The molecule has 0 spiro atoms. The van der Waals surface area contributed by atoms with Gasteiger partial charge in [0.25, 0.3) is 0 Å². The third-order valence-electron chi connectivity index (χ3n) is 4.32. The third kappa shape index (κ3) is 3.33. The van der Waals surface area contributed by atoms with Crippen LogP contribution in [0.15, 0.2) is 18.2 Å². The van der Waals surface area contributed by atoms with Crippen molar-refractivity contribution in [1.29, 1.82) is 0 Å². The minimum Gasteiger partial charge on any atom is -0.359 e. The molecule has 1 aromatic carbocycles. The Balaban J connectivity index is 1.84. The Labute approximate surface area is 130 Å². The first-order chi connectivity index (χ1) is 10.2. The van der Waals surface area contributed by atoms with Crippen LogP contribution < -0.4 is 15.5 Å². The van der Waals surface area contributed by atoms with Gasteiger partial charge in [-0.3, -0.25) is 4.79 Å². The van der Waals surface area contributed by atoms with Crippen LogP contribution in [0.3, 0.4) is 0 Å². The maximum atomic E-state index is 12.1. The number of benzene rings is 1. The molecule has 1 amide bonds. The molecule has 1 unspecified atom stereocenters. The van der Waals surface area contributed by atoms with Gasteiger partial charge in [-0.25, -0.2) is 0 Å². The van der Waals surface area contributed by atoms with Crippen molar-refractivity contribution in [3.63, 3.8) is 0 Å². The molecule has 0 bridgehead atoms. The van der Waals surface area contributed by atoms with E-state index >= 15 is 0 Å². The second-order valence-corrected chi connectivity index (χ2v) is 6.33. The largest absolute Gasteiger partial charge is 0.359 e. The maximum Gasteiger partial charge on any atom is 0.242 e. The van der Waals surface area contributed by atoms with Crippen molar-refractivity contribution < 1.29 is 4.79 Å². The Morgan fingerprint density at radius 2 is 2.19 bits per heavy atom. The second-order valence-electron chi connectivity index (χ2n) is 5.89. The van der Waals surface area contributed by atoms with Crippen LogP contribution in [0.4, 0.5) is 5.69 Å². The number of halogens is 1. The van der Waals surface area contributed by atoms with Gasteiger partial charge in [-0.1, -0.05) is 17.7 Å². The molecule has 0 radical (unpaired) electrons. The lowest BCUT2D eigenvalue weighted by Crippen LogP contribution is -2.42. The number of nitrogens with zero attached hydrogens (tertiary/aromatic N) is 1. The highest BCUT2D eigenvalue weighted by molar-refractivity contribution is 6.30. The van der Waals surface area contributed by atoms with Gasteiger partial charge in [0.15, 0.2) is 0 Å². The van der Waals surface area contributed by atoms with E-state index in [0.717, 1.165) is 36.6 Å². The number of nitrogens with one attached hydrogen (secondary N) is 2. The normalized spacial score (nSPS) is 21.6. The molecule has 1 saturated carbocycles. The summed E-state index contributed by atoms with van der Waals surface area (Å²) in [7, 11) is 1.70. The molecule has 1 atom stereocenters. The number of likely N-dealkylation sites (N-methyl/N-ethyl adjacent to an activating group) is 1. The third-order valence-corrected chi connectivity index (χ3v) is 4.55. The summed E-state index contributed by atoms with van der Waals surface area (Å²) >= 11 is 6.18. The lowest BCUT2D eigenvalue weighted by molar-refractivity contribution is -0.121. The highest BCUT2D eigenvalue weighted by Crippen LogP contribution is 2.32. The Bertz CT molecular complexity index is 530. The van der Waals surface area contributed by atoms with Gasteiger partial charge in [0.05, 0.1) is 0 Å². The number of carbonyl (C=O) groups excluding carboxylic acids is 1. The predicted molar refractivity (Wildman–Crippen MR) is 85.7 cm³/mol. The summed E-state index contributed by atoms with van der Waals surface area (Å²) in [4.78, 5) is 14.3. The molecule has 1 aromatic rings. The molecule has 4 nitrogen and oxygen atoms in total. The van der Waals surface area contributed by atoms with E-state index in [9.17, 15) is 4.79 Å². The molecule has 2 aliphatic rings. The summed E-state index contributed by atoms with van der Waals surface area (Å²) in [5.41, 5.74) is 2.32. The molecule has 2 N–H and O–H groups in total. The highest BCUT2D eigenvalue weighted by Gasteiger charge is 2.31. The summed E-state index contributed by atoms with van der Waals surface area (Å²) in [6, 6.07) is 6.59. The number of anilines is 1. The predicted octanol–water partition coefficient (Wildman–Crippen LogP) is 2.31. The summed E-state index contributed by atoms with van der Waals surface area (Å²) in [6.07, 6.45) is 4.49. The standard InChI is InChI=1S/C16H22ClN3O/c1-18-16(21)14-3-2-8-20(14)15-9-12(17)5-4-11(15)10-19-13-6-7-13/h4-5,9,13-14,19H,2-3,6-8,10H2,1H3,(H,18,21). The fourth-order valence-electron chi connectivity index (χ4n) is 2.99. The lowest BCUT2D eigenvalue weighted by atomic mass is 10.1. The Morgan fingerprint density at radius 3 is 2.90 bits per heavy atom. The van der Waals surface area contributed by atoms with E-state index in [1.165, 1.54) is 18.4 Å². The Morgan fingerprint density at radius 1 is 1.38 bits per heavy atom. The molecule has 2 fully saturated rings. The molecule has 21 heavy (non-hydrogen) atoms. The smallest absolute Gasteiger partial charge is 0.242 e. The van der Waals surface area contributed by atoms with Crippen molar-refractivity contribution in [3.8, 4) is 0 Å². The van der Waals surface area contributed by atoms with Crippen LogP contribution in [0.1, 0.15) is 31.2 Å². The minimum absolute atomic E-state index is 0.0758. The molecule has 114 valence electrons. The number of hydrogen-bond donors (Lipinski definition) is 2. The molecule has 1 heterocycles. The Hall–Kier alpha value is -1.26. The summed E-state index contributed by atoms with van der Waals surface area (Å²) in [5.74, 6) is 0.0913. The number of amides is 1. The number of hydrogen-bond acceptors (Lipinski definition) is 3. The summed E-state index contributed by atoms with van der Waals surface area (Å²) in [6.45, 7) is 1.75. The zero-order valence-electron chi connectivity index (χ0n) is 12.4. The summed E-state index contributed by atoms with van der Waals surface area (Å²) < 4.78 is 0. The van der Waals surface area contributed by atoms with Gasteiger partial charge >= 0.3 is 0 Å². The average molecular weight is 308 g/mol. The van der Waals surface area contributed by atoms with Gasteiger partial charge in [0.2, 0.25) is 5.91 Å². The fraction of sp³-hybridized carbons (Fsp3) is 0.562. The van der Waals surface area contributed by atoms with Gasteiger partial charge in [0.1, 0.15) is 6.04 Å². The monoisotopic (exact) mass is 307 g/mol. The molecule has 5 heteroatoms. The molecular weight excluding hydrogens is 286 g/mol. The van der Waals surface area contributed by atoms with E-state index in [0.29, 0.717) is 6.04 Å². The van der Waals surface area contributed by atoms with Crippen molar-refractivity contribution in [3.05, 3.63) is 28.8 Å². The molecular formula is C16H22ClN3O. The Kier molecular flexibility index (Phi) is 4.36.